The average molecular weight is 187 g/mol. The molecule has 1 aromatic carbocycles. The van der Waals surface area contributed by atoms with Crippen molar-refractivity contribution in [2.45, 2.75) is 19.8 Å². The maximum atomic E-state index is 4.80. The molecule has 0 fully saturated rings. The Bertz CT molecular complexity index is 387. The molecule has 2 nitrogen and oxygen atoms in total. The van der Waals surface area contributed by atoms with Gasteiger partial charge in [0.15, 0.2) is 0 Å². The molecule has 14 heavy (non-hydrogen) atoms. The Morgan fingerprint density at radius 3 is 2.29 bits per heavy atom. The van der Waals surface area contributed by atoms with Crippen LogP contribution in [0.4, 0.5) is 0 Å². The van der Waals surface area contributed by atoms with E-state index in [-0.39, 0.29) is 0 Å². The minimum atomic E-state index is 0.575. The van der Waals surface area contributed by atoms with Crippen molar-refractivity contribution in [2.24, 2.45) is 0 Å². The van der Waals surface area contributed by atoms with Crippen LogP contribution in [0, 0.1) is 0 Å². The molecular formula is C12H13NO. The normalized spacial score (nSPS) is 10.8. The molecular weight excluding hydrogens is 174 g/mol. The monoisotopic (exact) mass is 187 g/mol. The van der Waals surface area contributed by atoms with Crippen molar-refractivity contribution in [3.05, 3.63) is 42.3 Å². The largest absolute Gasteiger partial charge is 0.364 e. The molecule has 1 heterocycles. The van der Waals surface area contributed by atoms with Crippen molar-refractivity contribution in [3.8, 4) is 11.1 Å². The van der Waals surface area contributed by atoms with Gasteiger partial charge >= 0.3 is 0 Å². The Balaban J connectivity index is 2.31. The number of benzene rings is 1. The van der Waals surface area contributed by atoms with Gasteiger partial charge < -0.3 is 4.52 Å². The van der Waals surface area contributed by atoms with Gasteiger partial charge in [-0.25, -0.2) is 0 Å². The molecule has 0 aliphatic rings. The molecule has 0 radical (unpaired) electrons. The minimum absolute atomic E-state index is 0.575. The molecule has 0 unspecified atom stereocenters. The van der Waals surface area contributed by atoms with Crippen LogP contribution in [0.25, 0.3) is 11.1 Å². The molecule has 0 saturated carbocycles. The smallest absolute Gasteiger partial charge is 0.131 e. The van der Waals surface area contributed by atoms with E-state index in [0.717, 1.165) is 11.1 Å². The third-order valence-electron chi connectivity index (χ3n) is 2.34. The van der Waals surface area contributed by atoms with Gasteiger partial charge in [-0.2, -0.15) is 0 Å². The molecule has 0 spiro atoms. The SMILES string of the molecule is CC(C)c1ccc(-c2cnoc2)cc1. The topological polar surface area (TPSA) is 26.0 Å². The van der Waals surface area contributed by atoms with E-state index in [1.807, 2.05) is 0 Å². The summed E-state index contributed by atoms with van der Waals surface area (Å²) >= 11 is 0. The number of rotatable bonds is 2. The van der Waals surface area contributed by atoms with Crippen LogP contribution in [0.15, 0.2) is 41.2 Å². The van der Waals surface area contributed by atoms with Crippen LogP contribution < -0.4 is 0 Å². The lowest BCUT2D eigenvalue weighted by molar-refractivity contribution is 0.420. The Labute approximate surface area is 83.5 Å². The van der Waals surface area contributed by atoms with Crippen LogP contribution >= 0.6 is 0 Å². The van der Waals surface area contributed by atoms with Crippen LogP contribution in [-0.2, 0) is 0 Å². The molecule has 0 aliphatic carbocycles. The molecule has 1 aromatic heterocycles. The van der Waals surface area contributed by atoms with Gasteiger partial charge in [-0.05, 0) is 17.0 Å². The molecule has 0 bridgehead atoms. The predicted molar refractivity (Wildman–Crippen MR) is 56.0 cm³/mol. The second kappa shape index (κ2) is 3.66. The summed E-state index contributed by atoms with van der Waals surface area (Å²) in [4.78, 5) is 0. The zero-order chi connectivity index (χ0) is 9.97. The van der Waals surface area contributed by atoms with Crippen molar-refractivity contribution < 1.29 is 4.52 Å². The van der Waals surface area contributed by atoms with Crippen molar-refractivity contribution in [1.29, 1.82) is 0 Å². The van der Waals surface area contributed by atoms with Gasteiger partial charge in [0.2, 0.25) is 0 Å². The van der Waals surface area contributed by atoms with Gasteiger partial charge in [-0.15, -0.1) is 0 Å². The van der Waals surface area contributed by atoms with E-state index >= 15 is 0 Å². The molecule has 2 aromatic rings. The quantitative estimate of drug-likeness (QED) is 0.719. The first-order chi connectivity index (χ1) is 6.77. The highest BCUT2D eigenvalue weighted by molar-refractivity contribution is 5.61. The van der Waals surface area contributed by atoms with E-state index in [1.165, 1.54) is 5.56 Å². The first-order valence-corrected chi connectivity index (χ1v) is 4.77. The summed E-state index contributed by atoms with van der Waals surface area (Å²) in [6.45, 7) is 4.38. The second-order valence-corrected chi connectivity index (χ2v) is 3.69. The first-order valence-electron chi connectivity index (χ1n) is 4.77. The zero-order valence-electron chi connectivity index (χ0n) is 8.40. The van der Waals surface area contributed by atoms with E-state index < -0.39 is 0 Å². The maximum Gasteiger partial charge on any atom is 0.131 e. The molecule has 0 N–H and O–H groups in total. The van der Waals surface area contributed by atoms with Crippen LogP contribution in [0.5, 0.6) is 0 Å². The van der Waals surface area contributed by atoms with E-state index in [2.05, 4.69) is 43.3 Å². The van der Waals surface area contributed by atoms with Gasteiger partial charge in [-0.3, -0.25) is 0 Å². The Kier molecular flexibility index (Phi) is 2.35. The van der Waals surface area contributed by atoms with E-state index in [0.29, 0.717) is 5.92 Å². The highest BCUT2D eigenvalue weighted by Crippen LogP contribution is 2.21. The molecule has 0 aliphatic heterocycles. The Morgan fingerprint density at radius 1 is 1.07 bits per heavy atom. The van der Waals surface area contributed by atoms with Crippen LogP contribution in [-0.4, -0.2) is 5.16 Å². The highest BCUT2D eigenvalue weighted by Gasteiger charge is 2.01. The van der Waals surface area contributed by atoms with Crippen LogP contribution in [0.1, 0.15) is 25.3 Å². The molecule has 0 saturated heterocycles. The van der Waals surface area contributed by atoms with E-state index in [4.69, 9.17) is 4.52 Å². The van der Waals surface area contributed by atoms with Gasteiger partial charge in [0.1, 0.15) is 6.26 Å². The molecule has 72 valence electrons. The molecule has 0 amide bonds. The fraction of sp³-hybridized carbons (Fsp3) is 0.250. The van der Waals surface area contributed by atoms with E-state index in [9.17, 15) is 0 Å². The number of aromatic nitrogens is 1. The molecule has 0 atom stereocenters. The zero-order valence-corrected chi connectivity index (χ0v) is 8.40. The minimum Gasteiger partial charge on any atom is -0.364 e. The maximum absolute atomic E-state index is 4.80. The number of hydrogen-bond acceptors (Lipinski definition) is 2. The summed E-state index contributed by atoms with van der Waals surface area (Å²) in [5.41, 5.74) is 3.53. The van der Waals surface area contributed by atoms with Crippen molar-refractivity contribution in [1.82, 2.24) is 5.16 Å². The third-order valence-corrected chi connectivity index (χ3v) is 2.34. The van der Waals surface area contributed by atoms with Gasteiger partial charge in [0, 0.05) is 5.56 Å². The summed E-state index contributed by atoms with van der Waals surface area (Å²) in [5.74, 6) is 0.575. The van der Waals surface area contributed by atoms with Crippen molar-refractivity contribution in [2.75, 3.05) is 0 Å². The number of nitrogens with zero attached hydrogens (tertiary/aromatic N) is 1. The van der Waals surface area contributed by atoms with Gasteiger partial charge in [-0.1, -0.05) is 43.3 Å². The molecule has 2 heteroatoms. The summed E-state index contributed by atoms with van der Waals surface area (Å²) < 4.78 is 4.80. The van der Waals surface area contributed by atoms with Crippen LogP contribution in [0.3, 0.4) is 0 Å². The summed E-state index contributed by atoms with van der Waals surface area (Å²) in [5, 5.41) is 3.68. The van der Waals surface area contributed by atoms with E-state index in [1.54, 1.807) is 12.5 Å². The predicted octanol–water partition coefficient (Wildman–Crippen LogP) is 3.47. The summed E-state index contributed by atoms with van der Waals surface area (Å²) in [7, 11) is 0. The second-order valence-electron chi connectivity index (χ2n) is 3.69. The standard InChI is InChI=1S/C12H13NO/c1-9(2)10-3-5-11(6-4-10)12-7-13-14-8-12/h3-9H,1-2H3. The van der Waals surface area contributed by atoms with Crippen molar-refractivity contribution >= 4 is 0 Å². The highest BCUT2D eigenvalue weighted by atomic mass is 16.5. The lowest BCUT2D eigenvalue weighted by atomic mass is 10.0. The first kappa shape index (κ1) is 9.00. The lowest BCUT2D eigenvalue weighted by Crippen LogP contribution is -1.85. The van der Waals surface area contributed by atoms with Gasteiger partial charge in [0.05, 0.1) is 6.20 Å². The third kappa shape index (κ3) is 1.69. The Hall–Kier alpha value is -1.57. The molecule has 2 rings (SSSR count). The lowest BCUT2D eigenvalue weighted by Gasteiger charge is -2.05. The number of hydrogen-bond donors (Lipinski definition) is 0. The Morgan fingerprint density at radius 2 is 1.79 bits per heavy atom. The summed E-state index contributed by atoms with van der Waals surface area (Å²) in [6, 6.07) is 8.49. The van der Waals surface area contributed by atoms with Crippen LogP contribution in [0.2, 0.25) is 0 Å². The average Bonchev–Trinajstić information content (AvgIpc) is 2.71. The fourth-order valence-corrected chi connectivity index (χ4v) is 1.41. The fourth-order valence-electron chi connectivity index (χ4n) is 1.41. The van der Waals surface area contributed by atoms with Gasteiger partial charge in [0.25, 0.3) is 0 Å². The van der Waals surface area contributed by atoms with Crippen molar-refractivity contribution in [3.63, 3.8) is 0 Å². The summed E-state index contributed by atoms with van der Waals surface area (Å²) in [6.07, 6.45) is 3.38.